The molecule has 21 heavy (non-hydrogen) atoms. The number of benzene rings is 2. The summed E-state index contributed by atoms with van der Waals surface area (Å²) in [6, 6.07) is 16.3. The molecule has 106 valence electrons. The summed E-state index contributed by atoms with van der Waals surface area (Å²) >= 11 is 0. The molecule has 1 aromatic heterocycles. The molecule has 0 aliphatic carbocycles. The number of aromatic nitrogens is 1. The molecule has 0 N–H and O–H groups in total. The maximum absolute atomic E-state index is 11.9. The van der Waals surface area contributed by atoms with Gasteiger partial charge in [-0.2, -0.15) is 0 Å². The maximum atomic E-state index is 11.9. The summed E-state index contributed by atoms with van der Waals surface area (Å²) < 4.78 is 29.3. The highest BCUT2D eigenvalue weighted by atomic mass is 32.2. The summed E-state index contributed by atoms with van der Waals surface area (Å²) in [6.45, 7) is 0. The van der Waals surface area contributed by atoms with E-state index in [0.717, 1.165) is 5.56 Å². The summed E-state index contributed by atoms with van der Waals surface area (Å²) in [4.78, 5) is 4.46. The SMILES string of the molecule is CS(=O)(=O)c1ccccc1-c1ocnc1-c1ccccc1. The molecule has 4 nitrogen and oxygen atoms in total. The van der Waals surface area contributed by atoms with Crippen molar-refractivity contribution >= 4 is 9.84 Å². The van der Waals surface area contributed by atoms with Gasteiger partial charge in [0.25, 0.3) is 0 Å². The van der Waals surface area contributed by atoms with Crippen LogP contribution >= 0.6 is 0 Å². The van der Waals surface area contributed by atoms with E-state index in [1.807, 2.05) is 30.3 Å². The summed E-state index contributed by atoms with van der Waals surface area (Å²) in [5.74, 6) is 0.460. The average Bonchev–Trinajstić information content (AvgIpc) is 2.96. The van der Waals surface area contributed by atoms with Crippen LogP contribution in [0, 0.1) is 0 Å². The summed E-state index contributed by atoms with van der Waals surface area (Å²) in [6.07, 6.45) is 2.51. The second kappa shape index (κ2) is 5.18. The van der Waals surface area contributed by atoms with Crippen LogP contribution in [0.1, 0.15) is 0 Å². The third kappa shape index (κ3) is 2.60. The number of hydrogen-bond acceptors (Lipinski definition) is 4. The lowest BCUT2D eigenvalue weighted by Gasteiger charge is -2.07. The zero-order chi connectivity index (χ0) is 14.9. The van der Waals surface area contributed by atoms with Gasteiger partial charge in [-0.15, -0.1) is 0 Å². The van der Waals surface area contributed by atoms with E-state index in [2.05, 4.69) is 4.98 Å². The minimum Gasteiger partial charge on any atom is -0.443 e. The molecule has 0 atom stereocenters. The van der Waals surface area contributed by atoms with Gasteiger partial charge in [0.05, 0.1) is 4.90 Å². The lowest BCUT2D eigenvalue weighted by Crippen LogP contribution is -1.99. The molecule has 2 aromatic carbocycles. The number of rotatable bonds is 3. The molecule has 0 spiro atoms. The van der Waals surface area contributed by atoms with Gasteiger partial charge in [-0.1, -0.05) is 42.5 Å². The van der Waals surface area contributed by atoms with Crippen molar-refractivity contribution < 1.29 is 12.8 Å². The first-order chi connectivity index (χ1) is 10.1. The van der Waals surface area contributed by atoms with Gasteiger partial charge in [0.1, 0.15) is 5.69 Å². The molecule has 0 aliphatic rings. The third-order valence-electron chi connectivity index (χ3n) is 3.15. The topological polar surface area (TPSA) is 60.2 Å². The highest BCUT2D eigenvalue weighted by Gasteiger charge is 2.20. The van der Waals surface area contributed by atoms with E-state index in [0.29, 0.717) is 17.0 Å². The Kier molecular flexibility index (Phi) is 3.35. The standard InChI is InChI=1S/C16H13NO3S/c1-21(18,19)14-10-6-5-9-13(14)16-15(17-11-20-16)12-7-3-2-4-8-12/h2-11H,1H3. The van der Waals surface area contributed by atoms with Gasteiger partial charge < -0.3 is 4.42 Å². The molecular weight excluding hydrogens is 286 g/mol. The molecule has 0 aliphatic heterocycles. The quantitative estimate of drug-likeness (QED) is 0.743. The van der Waals surface area contributed by atoms with E-state index in [1.54, 1.807) is 24.3 Å². The Morgan fingerprint density at radius 1 is 0.952 bits per heavy atom. The minimum absolute atomic E-state index is 0.235. The molecular formula is C16H13NO3S. The van der Waals surface area contributed by atoms with E-state index >= 15 is 0 Å². The van der Waals surface area contributed by atoms with Crippen molar-refractivity contribution in [1.82, 2.24) is 4.98 Å². The van der Waals surface area contributed by atoms with Gasteiger partial charge in [-0.05, 0) is 12.1 Å². The largest absolute Gasteiger partial charge is 0.443 e. The van der Waals surface area contributed by atoms with E-state index < -0.39 is 9.84 Å². The van der Waals surface area contributed by atoms with Gasteiger partial charge in [-0.25, -0.2) is 13.4 Å². The predicted molar refractivity (Wildman–Crippen MR) is 80.5 cm³/mol. The van der Waals surface area contributed by atoms with Crippen molar-refractivity contribution in [1.29, 1.82) is 0 Å². The molecule has 0 unspecified atom stereocenters. The zero-order valence-electron chi connectivity index (χ0n) is 11.4. The number of sulfone groups is 1. The van der Waals surface area contributed by atoms with E-state index in [9.17, 15) is 8.42 Å². The maximum Gasteiger partial charge on any atom is 0.182 e. The number of hydrogen-bond donors (Lipinski definition) is 0. The second-order valence-electron chi connectivity index (χ2n) is 4.66. The lowest BCUT2D eigenvalue weighted by atomic mass is 10.1. The fraction of sp³-hybridized carbons (Fsp3) is 0.0625. The Balaban J connectivity index is 2.23. The molecule has 1 heterocycles. The summed E-state index contributed by atoms with van der Waals surface area (Å²) in [5.41, 5.74) is 2.03. The average molecular weight is 299 g/mol. The molecule has 0 saturated heterocycles. The Bertz CT molecular complexity index is 867. The minimum atomic E-state index is -3.35. The zero-order valence-corrected chi connectivity index (χ0v) is 12.2. The van der Waals surface area contributed by atoms with Crippen molar-refractivity contribution in [3.63, 3.8) is 0 Å². The molecule has 0 fully saturated rings. The first-order valence-corrected chi connectivity index (χ1v) is 8.25. The monoisotopic (exact) mass is 299 g/mol. The molecule has 0 saturated carbocycles. The van der Waals surface area contributed by atoms with Crippen molar-refractivity contribution in [2.45, 2.75) is 4.90 Å². The van der Waals surface area contributed by atoms with E-state index in [1.165, 1.54) is 12.6 Å². The second-order valence-corrected chi connectivity index (χ2v) is 6.65. The third-order valence-corrected chi connectivity index (χ3v) is 4.30. The van der Waals surface area contributed by atoms with Crippen molar-refractivity contribution in [3.05, 3.63) is 61.0 Å². The Morgan fingerprint density at radius 3 is 2.33 bits per heavy atom. The van der Waals surface area contributed by atoms with Crippen LogP contribution in [0.3, 0.4) is 0 Å². The fourth-order valence-corrected chi connectivity index (χ4v) is 3.10. The molecule has 5 heteroatoms. The van der Waals surface area contributed by atoms with Crippen molar-refractivity contribution in [2.24, 2.45) is 0 Å². The van der Waals surface area contributed by atoms with Crippen LogP contribution < -0.4 is 0 Å². The van der Waals surface area contributed by atoms with Crippen LogP contribution in [-0.4, -0.2) is 19.7 Å². The van der Waals surface area contributed by atoms with Crippen LogP contribution in [0.25, 0.3) is 22.6 Å². The predicted octanol–water partition coefficient (Wildman–Crippen LogP) is 3.41. The van der Waals surface area contributed by atoms with Gasteiger partial charge >= 0.3 is 0 Å². The molecule has 0 amide bonds. The smallest absolute Gasteiger partial charge is 0.182 e. The normalized spacial score (nSPS) is 11.5. The van der Waals surface area contributed by atoms with Crippen molar-refractivity contribution in [2.75, 3.05) is 6.26 Å². The first kappa shape index (κ1) is 13.6. The summed E-state index contributed by atoms with van der Waals surface area (Å²) in [5, 5.41) is 0. The Morgan fingerprint density at radius 2 is 1.62 bits per heavy atom. The van der Waals surface area contributed by atoms with E-state index in [-0.39, 0.29) is 4.90 Å². The van der Waals surface area contributed by atoms with Crippen LogP contribution in [0.5, 0.6) is 0 Å². The number of nitrogens with zero attached hydrogens (tertiary/aromatic N) is 1. The van der Waals surface area contributed by atoms with E-state index in [4.69, 9.17) is 4.42 Å². The molecule has 0 bridgehead atoms. The Hall–Kier alpha value is -2.40. The van der Waals surface area contributed by atoms with Crippen molar-refractivity contribution in [3.8, 4) is 22.6 Å². The van der Waals surface area contributed by atoms with Crippen LogP contribution in [0.4, 0.5) is 0 Å². The Labute approximate surface area is 123 Å². The van der Waals surface area contributed by atoms with Gasteiger partial charge in [0, 0.05) is 17.4 Å². The lowest BCUT2D eigenvalue weighted by molar-refractivity contribution is 0.569. The van der Waals surface area contributed by atoms with Crippen LogP contribution in [0.15, 0.2) is 70.3 Å². The summed E-state index contributed by atoms with van der Waals surface area (Å²) in [7, 11) is -3.35. The van der Waals surface area contributed by atoms with Gasteiger partial charge in [0.15, 0.2) is 22.0 Å². The highest BCUT2D eigenvalue weighted by molar-refractivity contribution is 7.90. The number of oxazole rings is 1. The van der Waals surface area contributed by atoms with Crippen LogP contribution in [0.2, 0.25) is 0 Å². The van der Waals surface area contributed by atoms with Crippen LogP contribution in [-0.2, 0) is 9.84 Å². The molecule has 3 aromatic rings. The highest BCUT2D eigenvalue weighted by Crippen LogP contribution is 2.34. The van der Waals surface area contributed by atoms with Gasteiger partial charge in [-0.3, -0.25) is 0 Å². The fourth-order valence-electron chi connectivity index (χ4n) is 2.22. The molecule has 0 radical (unpaired) electrons. The molecule has 3 rings (SSSR count). The first-order valence-electron chi connectivity index (χ1n) is 6.36. The van der Waals surface area contributed by atoms with Gasteiger partial charge in [0.2, 0.25) is 0 Å².